The SMILES string of the molecule is OCC(Nc1cccc(Br)c1)c1ccc(C(F)(F)F)cc1. The fourth-order valence-electron chi connectivity index (χ4n) is 1.92. The largest absolute Gasteiger partial charge is 0.416 e. The molecule has 0 saturated heterocycles. The van der Waals surface area contributed by atoms with E-state index in [2.05, 4.69) is 21.2 Å². The molecule has 0 aliphatic heterocycles. The molecule has 0 aromatic heterocycles. The third-order valence-corrected chi connectivity index (χ3v) is 3.48. The highest BCUT2D eigenvalue weighted by Gasteiger charge is 2.30. The van der Waals surface area contributed by atoms with Crippen molar-refractivity contribution in [1.29, 1.82) is 0 Å². The molecule has 6 heteroatoms. The molecule has 0 fully saturated rings. The molecule has 2 aromatic carbocycles. The van der Waals surface area contributed by atoms with Gasteiger partial charge in [-0.15, -0.1) is 0 Å². The highest BCUT2D eigenvalue weighted by atomic mass is 79.9. The van der Waals surface area contributed by atoms with Gasteiger partial charge in [0, 0.05) is 10.2 Å². The van der Waals surface area contributed by atoms with Crippen LogP contribution in [-0.2, 0) is 6.18 Å². The molecule has 0 heterocycles. The Bertz CT molecular complexity index is 599. The van der Waals surface area contributed by atoms with Gasteiger partial charge in [-0.05, 0) is 35.9 Å². The van der Waals surface area contributed by atoms with Crippen molar-refractivity contribution >= 4 is 21.6 Å². The number of anilines is 1. The van der Waals surface area contributed by atoms with Crippen molar-refractivity contribution < 1.29 is 18.3 Å². The van der Waals surface area contributed by atoms with Crippen LogP contribution in [0.5, 0.6) is 0 Å². The Morgan fingerprint density at radius 2 is 1.76 bits per heavy atom. The molecule has 2 N–H and O–H groups in total. The maximum absolute atomic E-state index is 12.5. The van der Waals surface area contributed by atoms with Gasteiger partial charge in [-0.3, -0.25) is 0 Å². The Morgan fingerprint density at radius 1 is 1.10 bits per heavy atom. The Balaban J connectivity index is 2.18. The zero-order valence-electron chi connectivity index (χ0n) is 10.9. The van der Waals surface area contributed by atoms with Crippen molar-refractivity contribution in [3.05, 3.63) is 64.1 Å². The van der Waals surface area contributed by atoms with E-state index in [4.69, 9.17) is 0 Å². The van der Waals surface area contributed by atoms with E-state index in [1.54, 1.807) is 0 Å². The number of rotatable bonds is 4. The quantitative estimate of drug-likeness (QED) is 0.835. The van der Waals surface area contributed by atoms with Gasteiger partial charge in [-0.2, -0.15) is 13.2 Å². The summed E-state index contributed by atoms with van der Waals surface area (Å²) < 4.78 is 38.4. The Kier molecular flexibility index (Phi) is 4.90. The summed E-state index contributed by atoms with van der Waals surface area (Å²) >= 11 is 3.33. The Morgan fingerprint density at radius 3 is 2.29 bits per heavy atom. The topological polar surface area (TPSA) is 32.3 Å². The van der Waals surface area contributed by atoms with E-state index in [0.717, 1.165) is 22.3 Å². The van der Waals surface area contributed by atoms with Crippen LogP contribution < -0.4 is 5.32 Å². The zero-order valence-corrected chi connectivity index (χ0v) is 12.4. The van der Waals surface area contributed by atoms with Crippen molar-refractivity contribution in [3.8, 4) is 0 Å². The molecular weight excluding hydrogens is 347 g/mol. The first-order chi connectivity index (χ1) is 9.90. The second-order valence-electron chi connectivity index (χ2n) is 4.51. The summed E-state index contributed by atoms with van der Waals surface area (Å²) in [5.41, 5.74) is 0.652. The first-order valence-corrected chi connectivity index (χ1v) is 6.99. The molecule has 0 spiro atoms. The molecule has 1 atom stereocenters. The summed E-state index contributed by atoms with van der Waals surface area (Å²) in [4.78, 5) is 0. The van der Waals surface area contributed by atoms with Crippen molar-refractivity contribution in [3.63, 3.8) is 0 Å². The predicted molar refractivity (Wildman–Crippen MR) is 79.0 cm³/mol. The van der Waals surface area contributed by atoms with Crippen molar-refractivity contribution in [1.82, 2.24) is 0 Å². The molecule has 21 heavy (non-hydrogen) atoms. The molecule has 112 valence electrons. The molecule has 0 amide bonds. The van der Waals surface area contributed by atoms with E-state index < -0.39 is 17.8 Å². The zero-order chi connectivity index (χ0) is 15.5. The van der Waals surface area contributed by atoms with Crippen molar-refractivity contribution in [2.24, 2.45) is 0 Å². The fraction of sp³-hybridized carbons (Fsp3) is 0.200. The van der Waals surface area contributed by atoms with Gasteiger partial charge in [0.2, 0.25) is 0 Å². The molecule has 1 unspecified atom stereocenters. The maximum Gasteiger partial charge on any atom is 0.416 e. The van der Waals surface area contributed by atoms with Gasteiger partial charge < -0.3 is 10.4 Å². The monoisotopic (exact) mass is 359 g/mol. The van der Waals surface area contributed by atoms with Crippen LogP contribution in [0.4, 0.5) is 18.9 Å². The number of nitrogens with one attached hydrogen (secondary N) is 1. The van der Waals surface area contributed by atoms with Crippen LogP contribution >= 0.6 is 15.9 Å². The minimum Gasteiger partial charge on any atom is -0.394 e. The highest BCUT2D eigenvalue weighted by Crippen LogP contribution is 2.30. The third-order valence-electron chi connectivity index (χ3n) is 2.99. The molecule has 2 aromatic rings. The number of aliphatic hydroxyl groups excluding tert-OH is 1. The first-order valence-electron chi connectivity index (χ1n) is 6.20. The predicted octanol–water partition coefficient (Wildman–Crippen LogP) is 4.61. The second kappa shape index (κ2) is 6.49. The summed E-state index contributed by atoms with van der Waals surface area (Å²) in [6, 6.07) is 11.6. The minimum absolute atomic E-state index is 0.224. The number of hydrogen-bond acceptors (Lipinski definition) is 2. The summed E-state index contributed by atoms with van der Waals surface area (Å²) in [6.45, 7) is -0.224. The van der Waals surface area contributed by atoms with Gasteiger partial charge in [-0.1, -0.05) is 34.1 Å². The van der Waals surface area contributed by atoms with E-state index in [0.29, 0.717) is 5.56 Å². The lowest BCUT2D eigenvalue weighted by Crippen LogP contribution is -2.15. The lowest BCUT2D eigenvalue weighted by atomic mass is 10.0. The van der Waals surface area contributed by atoms with Crippen molar-refractivity contribution in [2.45, 2.75) is 12.2 Å². The van der Waals surface area contributed by atoms with Crippen LogP contribution in [-0.4, -0.2) is 11.7 Å². The van der Waals surface area contributed by atoms with E-state index >= 15 is 0 Å². The molecule has 0 radical (unpaired) electrons. The average molecular weight is 360 g/mol. The van der Waals surface area contributed by atoms with E-state index in [-0.39, 0.29) is 6.61 Å². The Labute approximate surface area is 128 Å². The molecule has 0 aliphatic rings. The lowest BCUT2D eigenvalue weighted by molar-refractivity contribution is -0.137. The lowest BCUT2D eigenvalue weighted by Gasteiger charge is -2.19. The number of halogens is 4. The van der Waals surface area contributed by atoms with Gasteiger partial charge in [0.15, 0.2) is 0 Å². The Hall–Kier alpha value is -1.53. The van der Waals surface area contributed by atoms with E-state index in [1.807, 2.05) is 24.3 Å². The molecule has 0 aliphatic carbocycles. The van der Waals surface area contributed by atoms with Gasteiger partial charge in [0.05, 0.1) is 18.2 Å². The van der Waals surface area contributed by atoms with Crippen molar-refractivity contribution in [2.75, 3.05) is 11.9 Å². The van der Waals surface area contributed by atoms with Crippen LogP contribution in [0.25, 0.3) is 0 Å². The summed E-state index contributed by atoms with van der Waals surface area (Å²) in [7, 11) is 0. The van der Waals surface area contributed by atoms with E-state index in [1.165, 1.54) is 12.1 Å². The van der Waals surface area contributed by atoms with Gasteiger partial charge >= 0.3 is 6.18 Å². The molecule has 0 saturated carbocycles. The molecule has 0 bridgehead atoms. The molecular formula is C15H13BrF3NO. The summed E-state index contributed by atoms with van der Waals surface area (Å²) in [5.74, 6) is 0. The van der Waals surface area contributed by atoms with Crippen LogP contribution in [0.2, 0.25) is 0 Å². The fourth-order valence-corrected chi connectivity index (χ4v) is 2.32. The van der Waals surface area contributed by atoms with Gasteiger partial charge in [-0.25, -0.2) is 0 Å². The van der Waals surface area contributed by atoms with Gasteiger partial charge in [0.1, 0.15) is 0 Å². The third kappa shape index (κ3) is 4.22. The van der Waals surface area contributed by atoms with Crippen LogP contribution in [0.1, 0.15) is 17.2 Å². The maximum atomic E-state index is 12.5. The average Bonchev–Trinajstić information content (AvgIpc) is 2.44. The first kappa shape index (κ1) is 15.9. The minimum atomic E-state index is -4.36. The van der Waals surface area contributed by atoms with Crippen LogP contribution in [0.15, 0.2) is 53.0 Å². The van der Waals surface area contributed by atoms with Crippen LogP contribution in [0, 0.1) is 0 Å². The number of hydrogen-bond donors (Lipinski definition) is 2. The number of benzene rings is 2. The highest BCUT2D eigenvalue weighted by molar-refractivity contribution is 9.10. The molecule has 2 nitrogen and oxygen atoms in total. The number of alkyl halides is 3. The van der Waals surface area contributed by atoms with E-state index in [9.17, 15) is 18.3 Å². The number of aliphatic hydroxyl groups is 1. The van der Waals surface area contributed by atoms with Crippen LogP contribution in [0.3, 0.4) is 0 Å². The normalized spacial score (nSPS) is 13.0. The van der Waals surface area contributed by atoms with Gasteiger partial charge in [0.25, 0.3) is 0 Å². The standard InChI is InChI=1S/C15H13BrF3NO/c16-12-2-1-3-13(8-12)20-14(9-21)10-4-6-11(7-5-10)15(17,18)19/h1-8,14,20-21H,9H2. The summed E-state index contributed by atoms with van der Waals surface area (Å²) in [6.07, 6.45) is -4.36. The second-order valence-corrected chi connectivity index (χ2v) is 5.43. The summed E-state index contributed by atoms with van der Waals surface area (Å²) in [5, 5.41) is 12.5. The smallest absolute Gasteiger partial charge is 0.394 e. The molecule has 2 rings (SSSR count).